The summed E-state index contributed by atoms with van der Waals surface area (Å²) in [7, 11) is 0. The van der Waals surface area contributed by atoms with Crippen LogP contribution in [-0.4, -0.2) is 57.8 Å². The van der Waals surface area contributed by atoms with Crippen molar-refractivity contribution in [3.63, 3.8) is 0 Å². The fourth-order valence-corrected chi connectivity index (χ4v) is 3.70. The topological polar surface area (TPSA) is 69.3 Å². The van der Waals surface area contributed by atoms with E-state index >= 15 is 0 Å². The highest BCUT2D eigenvalue weighted by Gasteiger charge is 2.26. The lowest BCUT2D eigenvalue weighted by Gasteiger charge is -2.35. The van der Waals surface area contributed by atoms with Crippen molar-refractivity contribution in [3.05, 3.63) is 66.0 Å². The molecule has 4 rings (SSSR count). The number of imidazole rings is 1. The molecular formula is C22H24N4O2. The highest BCUT2D eigenvalue weighted by molar-refractivity contribution is 5.97. The number of amides is 2. The first kappa shape index (κ1) is 18.2. The van der Waals surface area contributed by atoms with E-state index in [0.717, 1.165) is 11.0 Å². The maximum absolute atomic E-state index is 12.8. The van der Waals surface area contributed by atoms with Gasteiger partial charge in [0.15, 0.2) is 0 Å². The second-order valence-electron chi connectivity index (χ2n) is 7.32. The predicted molar refractivity (Wildman–Crippen MR) is 108 cm³/mol. The molecule has 1 unspecified atom stereocenters. The van der Waals surface area contributed by atoms with Gasteiger partial charge in [-0.15, -0.1) is 0 Å². The number of hydrogen-bond acceptors (Lipinski definition) is 3. The molecule has 0 spiro atoms. The third-order valence-electron chi connectivity index (χ3n) is 5.44. The molecule has 144 valence electrons. The molecule has 1 saturated heterocycles. The number of piperazine rings is 1. The lowest BCUT2D eigenvalue weighted by molar-refractivity contribution is -0.133. The summed E-state index contributed by atoms with van der Waals surface area (Å²) in [5.74, 6) is 0.345. The molecule has 6 nitrogen and oxygen atoms in total. The molecular weight excluding hydrogens is 352 g/mol. The van der Waals surface area contributed by atoms with E-state index in [0.29, 0.717) is 38.2 Å². The first-order valence-electron chi connectivity index (χ1n) is 9.67. The average Bonchev–Trinajstić information content (AvgIpc) is 3.22. The lowest BCUT2D eigenvalue weighted by Crippen LogP contribution is -2.50. The molecule has 1 aromatic heterocycles. The van der Waals surface area contributed by atoms with Crippen LogP contribution in [0.1, 0.15) is 35.2 Å². The monoisotopic (exact) mass is 376 g/mol. The molecule has 28 heavy (non-hydrogen) atoms. The number of benzene rings is 2. The zero-order valence-electron chi connectivity index (χ0n) is 16.0. The van der Waals surface area contributed by atoms with E-state index in [1.807, 2.05) is 46.2 Å². The van der Waals surface area contributed by atoms with Gasteiger partial charge >= 0.3 is 0 Å². The van der Waals surface area contributed by atoms with Gasteiger partial charge in [0.05, 0.1) is 17.4 Å². The maximum Gasteiger partial charge on any atom is 0.254 e. The van der Waals surface area contributed by atoms with Crippen molar-refractivity contribution >= 4 is 22.8 Å². The summed E-state index contributed by atoms with van der Waals surface area (Å²) in [6.07, 6.45) is 2.12. The fraction of sp³-hybridized carbons (Fsp3) is 0.318. The second-order valence-corrected chi connectivity index (χ2v) is 7.32. The van der Waals surface area contributed by atoms with Crippen molar-refractivity contribution < 1.29 is 9.59 Å². The molecule has 0 saturated carbocycles. The van der Waals surface area contributed by atoms with Crippen LogP contribution in [0.5, 0.6) is 0 Å². The number of H-pyrrole nitrogens is 1. The Balaban J connectivity index is 1.33. The van der Waals surface area contributed by atoms with Crippen molar-refractivity contribution in [2.24, 2.45) is 0 Å². The number of carbonyl (C=O) groups is 2. The van der Waals surface area contributed by atoms with Gasteiger partial charge in [0, 0.05) is 38.2 Å². The minimum absolute atomic E-state index is 0.00116. The summed E-state index contributed by atoms with van der Waals surface area (Å²) >= 11 is 0. The smallest absolute Gasteiger partial charge is 0.254 e. The molecule has 2 heterocycles. The second kappa shape index (κ2) is 7.84. The summed E-state index contributed by atoms with van der Waals surface area (Å²) in [6, 6.07) is 15.6. The number of rotatable bonds is 4. The Labute approximate surface area is 164 Å². The summed E-state index contributed by atoms with van der Waals surface area (Å²) in [5.41, 5.74) is 3.53. The molecule has 1 atom stereocenters. The summed E-state index contributed by atoms with van der Waals surface area (Å²) in [5, 5.41) is 0. The molecule has 0 bridgehead atoms. The van der Waals surface area contributed by atoms with Crippen LogP contribution in [0.3, 0.4) is 0 Å². The molecule has 1 aliphatic heterocycles. The summed E-state index contributed by atoms with van der Waals surface area (Å²) < 4.78 is 0. The molecule has 6 heteroatoms. The van der Waals surface area contributed by atoms with Gasteiger partial charge < -0.3 is 14.8 Å². The maximum atomic E-state index is 12.8. The zero-order chi connectivity index (χ0) is 19.5. The van der Waals surface area contributed by atoms with E-state index in [1.165, 1.54) is 5.56 Å². The number of fused-ring (bicyclic) bond motifs is 1. The Morgan fingerprint density at radius 3 is 2.50 bits per heavy atom. The molecule has 0 aliphatic carbocycles. The largest absolute Gasteiger partial charge is 0.345 e. The van der Waals surface area contributed by atoms with Crippen LogP contribution in [0.2, 0.25) is 0 Å². The van der Waals surface area contributed by atoms with E-state index in [1.54, 1.807) is 6.33 Å². The standard InChI is InChI=1S/C22H24N4O2/c1-16(17-5-3-2-4-6-17)13-21(27)25-9-11-26(12-10-25)22(28)18-7-8-19-20(14-18)24-15-23-19/h2-8,14-16H,9-13H2,1H3,(H,23,24). The van der Waals surface area contributed by atoms with Crippen molar-refractivity contribution in [3.8, 4) is 0 Å². The van der Waals surface area contributed by atoms with Gasteiger partial charge in [-0.05, 0) is 29.7 Å². The normalized spacial score (nSPS) is 15.6. The molecule has 2 aromatic carbocycles. The first-order valence-corrected chi connectivity index (χ1v) is 9.67. The number of aromatic amines is 1. The highest BCUT2D eigenvalue weighted by Crippen LogP contribution is 2.20. The van der Waals surface area contributed by atoms with Crippen molar-refractivity contribution in [2.45, 2.75) is 19.3 Å². The Hall–Kier alpha value is -3.15. The molecule has 2 amide bonds. The average molecular weight is 376 g/mol. The van der Waals surface area contributed by atoms with Gasteiger partial charge in [0.1, 0.15) is 0 Å². The molecule has 1 N–H and O–H groups in total. The fourth-order valence-electron chi connectivity index (χ4n) is 3.70. The van der Waals surface area contributed by atoms with Crippen LogP contribution in [-0.2, 0) is 4.79 Å². The van der Waals surface area contributed by atoms with Gasteiger partial charge in [-0.2, -0.15) is 0 Å². The Morgan fingerprint density at radius 1 is 1.04 bits per heavy atom. The zero-order valence-corrected chi connectivity index (χ0v) is 16.0. The number of nitrogens with one attached hydrogen (secondary N) is 1. The van der Waals surface area contributed by atoms with Crippen LogP contribution in [0.15, 0.2) is 54.9 Å². The summed E-state index contributed by atoms with van der Waals surface area (Å²) in [4.78, 5) is 36.4. The first-order chi connectivity index (χ1) is 13.6. The minimum atomic E-state index is 0.00116. The van der Waals surface area contributed by atoms with Crippen LogP contribution < -0.4 is 0 Å². The van der Waals surface area contributed by atoms with Gasteiger partial charge in [0.25, 0.3) is 5.91 Å². The van der Waals surface area contributed by atoms with Crippen LogP contribution in [0.25, 0.3) is 11.0 Å². The number of aromatic nitrogens is 2. The van der Waals surface area contributed by atoms with Crippen LogP contribution >= 0.6 is 0 Å². The van der Waals surface area contributed by atoms with Crippen LogP contribution in [0.4, 0.5) is 0 Å². The van der Waals surface area contributed by atoms with E-state index < -0.39 is 0 Å². The van der Waals surface area contributed by atoms with Gasteiger partial charge in [0.2, 0.25) is 5.91 Å². The molecule has 1 fully saturated rings. The quantitative estimate of drug-likeness (QED) is 0.761. The lowest BCUT2D eigenvalue weighted by atomic mass is 9.97. The number of carbonyl (C=O) groups excluding carboxylic acids is 2. The highest BCUT2D eigenvalue weighted by atomic mass is 16.2. The minimum Gasteiger partial charge on any atom is -0.345 e. The van der Waals surface area contributed by atoms with E-state index in [2.05, 4.69) is 29.0 Å². The Morgan fingerprint density at radius 2 is 1.75 bits per heavy atom. The summed E-state index contributed by atoms with van der Waals surface area (Å²) in [6.45, 7) is 4.37. The van der Waals surface area contributed by atoms with Gasteiger partial charge in [-0.1, -0.05) is 37.3 Å². The van der Waals surface area contributed by atoms with Crippen molar-refractivity contribution in [2.75, 3.05) is 26.2 Å². The van der Waals surface area contributed by atoms with Crippen LogP contribution in [0, 0.1) is 0 Å². The van der Waals surface area contributed by atoms with Crippen molar-refractivity contribution in [1.82, 2.24) is 19.8 Å². The van der Waals surface area contributed by atoms with E-state index in [4.69, 9.17) is 0 Å². The Bertz CT molecular complexity index is 974. The molecule has 0 radical (unpaired) electrons. The molecule has 1 aliphatic rings. The third kappa shape index (κ3) is 3.76. The van der Waals surface area contributed by atoms with Crippen molar-refractivity contribution in [1.29, 1.82) is 0 Å². The van der Waals surface area contributed by atoms with E-state index in [9.17, 15) is 9.59 Å². The van der Waals surface area contributed by atoms with E-state index in [-0.39, 0.29) is 17.7 Å². The molecule has 3 aromatic rings. The SMILES string of the molecule is CC(CC(=O)N1CCN(C(=O)c2ccc3nc[nH]c3c2)CC1)c1ccccc1. The number of nitrogens with zero attached hydrogens (tertiary/aromatic N) is 3. The van der Waals surface area contributed by atoms with Gasteiger partial charge in [-0.3, -0.25) is 9.59 Å². The Kier molecular flexibility index (Phi) is 5.10. The van der Waals surface area contributed by atoms with Gasteiger partial charge in [-0.25, -0.2) is 4.98 Å². The predicted octanol–water partition coefficient (Wildman–Crippen LogP) is 3.04. The number of hydrogen-bond donors (Lipinski definition) is 1. The third-order valence-corrected chi connectivity index (χ3v) is 5.44.